The summed E-state index contributed by atoms with van der Waals surface area (Å²) in [5.74, 6) is 1.46. The number of rotatable bonds is 9. The number of ether oxygens (including phenoxy) is 1. The Morgan fingerprint density at radius 1 is 1.00 bits per heavy atom. The molecule has 1 amide bonds. The first-order valence-corrected chi connectivity index (χ1v) is 8.67. The maximum absolute atomic E-state index is 12.3. The summed E-state index contributed by atoms with van der Waals surface area (Å²) in [6.07, 6.45) is 2.13. The van der Waals surface area contributed by atoms with Crippen LogP contribution < -0.4 is 10.1 Å². The molecule has 1 atom stereocenters. The van der Waals surface area contributed by atoms with Crippen LogP contribution in [0.2, 0.25) is 0 Å². The number of benzene rings is 2. The summed E-state index contributed by atoms with van der Waals surface area (Å²) in [5, 5.41) is 3.17. The van der Waals surface area contributed by atoms with Gasteiger partial charge in [0.15, 0.2) is 0 Å². The van der Waals surface area contributed by atoms with Crippen molar-refractivity contribution in [2.45, 2.75) is 39.2 Å². The Morgan fingerprint density at radius 2 is 1.62 bits per heavy atom. The zero-order valence-electron chi connectivity index (χ0n) is 14.6. The highest BCUT2D eigenvalue weighted by molar-refractivity contribution is 5.76. The molecule has 0 radical (unpaired) electrons. The van der Waals surface area contributed by atoms with Crippen LogP contribution in [0.5, 0.6) is 5.75 Å². The van der Waals surface area contributed by atoms with Crippen molar-refractivity contribution in [1.82, 2.24) is 5.32 Å². The smallest absolute Gasteiger partial charge is 0.220 e. The summed E-state index contributed by atoms with van der Waals surface area (Å²) in [6, 6.07) is 20.0. The standard InChI is InChI=1S/C21H27NO2/c1-17(2)16-20(18-10-5-3-6-11-18)22-21(23)14-9-15-24-19-12-7-4-8-13-19/h3-8,10-13,17,20H,9,14-16H2,1-2H3,(H,22,23)/t20-/m0/s1. The van der Waals surface area contributed by atoms with Crippen molar-refractivity contribution in [3.63, 3.8) is 0 Å². The third-order valence-corrected chi connectivity index (χ3v) is 3.80. The average Bonchev–Trinajstić information content (AvgIpc) is 2.59. The van der Waals surface area contributed by atoms with Gasteiger partial charge in [-0.15, -0.1) is 0 Å². The molecule has 128 valence electrons. The molecule has 0 spiro atoms. The lowest BCUT2D eigenvalue weighted by molar-refractivity contribution is -0.122. The van der Waals surface area contributed by atoms with Gasteiger partial charge >= 0.3 is 0 Å². The number of hydrogen-bond donors (Lipinski definition) is 1. The lowest BCUT2D eigenvalue weighted by Gasteiger charge is -2.21. The highest BCUT2D eigenvalue weighted by Gasteiger charge is 2.15. The third-order valence-electron chi connectivity index (χ3n) is 3.80. The van der Waals surface area contributed by atoms with E-state index < -0.39 is 0 Å². The lowest BCUT2D eigenvalue weighted by Crippen LogP contribution is -2.29. The number of nitrogens with one attached hydrogen (secondary N) is 1. The Kier molecular flexibility index (Phi) is 7.34. The first kappa shape index (κ1) is 18.1. The Balaban J connectivity index is 1.78. The van der Waals surface area contributed by atoms with E-state index in [1.807, 2.05) is 48.5 Å². The van der Waals surface area contributed by atoms with Crippen LogP contribution in [-0.2, 0) is 4.79 Å². The van der Waals surface area contributed by atoms with E-state index in [2.05, 4.69) is 31.3 Å². The maximum Gasteiger partial charge on any atom is 0.220 e. The monoisotopic (exact) mass is 325 g/mol. The normalized spacial score (nSPS) is 12.0. The van der Waals surface area contributed by atoms with Crippen LogP contribution in [0.4, 0.5) is 0 Å². The molecule has 0 heterocycles. The predicted octanol–water partition coefficient (Wildman–Crippen LogP) is 4.75. The van der Waals surface area contributed by atoms with Crippen LogP contribution >= 0.6 is 0 Å². The molecular weight excluding hydrogens is 298 g/mol. The Bertz CT molecular complexity index is 596. The van der Waals surface area contributed by atoms with Crippen LogP contribution in [0.1, 0.15) is 44.7 Å². The van der Waals surface area contributed by atoms with Crippen molar-refractivity contribution in [3.8, 4) is 5.75 Å². The molecule has 0 saturated heterocycles. The Labute approximate surface area is 145 Å². The van der Waals surface area contributed by atoms with Crippen molar-refractivity contribution < 1.29 is 9.53 Å². The second-order valence-corrected chi connectivity index (χ2v) is 6.43. The van der Waals surface area contributed by atoms with Gasteiger partial charge in [-0.3, -0.25) is 4.79 Å². The highest BCUT2D eigenvalue weighted by Crippen LogP contribution is 2.21. The number of carbonyl (C=O) groups is 1. The minimum absolute atomic E-state index is 0.0775. The first-order chi connectivity index (χ1) is 11.6. The van der Waals surface area contributed by atoms with Crippen molar-refractivity contribution in [3.05, 3.63) is 66.2 Å². The molecule has 0 fully saturated rings. The molecule has 0 aliphatic heterocycles. The van der Waals surface area contributed by atoms with Crippen molar-refractivity contribution in [1.29, 1.82) is 0 Å². The molecule has 0 aromatic heterocycles. The van der Waals surface area contributed by atoms with Gasteiger partial charge in [0.25, 0.3) is 0 Å². The number of amides is 1. The van der Waals surface area contributed by atoms with Gasteiger partial charge in [0.05, 0.1) is 12.6 Å². The molecule has 0 bridgehead atoms. The summed E-state index contributed by atoms with van der Waals surface area (Å²) in [4.78, 5) is 12.3. The van der Waals surface area contributed by atoms with E-state index in [4.69, 9.17) is 4.74 Å². The number of hydrogen-bond acceptors (Lipinski definition) is 2. The molecule has 0 unspecified atom stereocenters. The summed E-state index contributed by atoms with van der Waals surface area (Å²) >= 11 is 0. The van der Waals surface area contributed by atoms with Gasteiger partial charge in [0.2, 0.25) is 5.91 Å². The molecule has 0 aliphatic rings. The minimum Gasteiger partial charge on any atom is -0.494 e. The zero-order valence-corrected chi connectivity index (χ0v) is 14.6. The zero-order chi connectivity index (χ0) is 17.2. The summed E-state index contributed by atoms with van der Waals surface area (Å²) in [7, 11) is 0. The van der Waals surface area contributed by atoms with Gasteiger partial charge in [0.1, 0.15) is 5.75 Å². The minimum atomic E-state index is 0.0775. The summed E-state index contributed by atoms with van der Waals surface area (Å²) in [5.41, 5.74) is 1.17. The van der Waals surface area contributed by atoms with Gasteiger partial charge in [-0.1, -0.05) is 62.4 Å². The van der Waals surface area contributed by atoms with Gasteiger partial charge in [-0.2, -0.15) is 0 Å². The highest BCUT2D eigenvalue weighted by atomic mass is 16.5. The fourth-order valence-corrected chi connectivity index (χ4v) is 2.64. The van der Waals surface area contributed by atoms with E-state index in [1.54, 1.807) is 0 Å². The molecule has 3 nitrogen and oxygen atoms in total. The van der Waals surface area contributed by atoms with E-state index >= 15 is 0 Å². The van der Waals surface area contributed by atoms with Crippen LogP contribution in [0, 0.1) is 5.92 Å². The summed E-state index contributed by atoms with van der Waals surface area (Å²) in [6.45, 7) is 4.91. The van der Waals surface area contributed by atoms with Gasteiger partial charge < -0.3 is 10.1 Å². The molecule has 2 aromatic carbocycles. The molecular formula is C21H27NO2. The fraction of sp³-hybridized carbons (Fsp3) is 0.381. The molecule has 0 aliphatic carbocycles. The number of para-hydroxylation sites is 1. The van der Waals surface area contributed by atoms with Crippen LogP contribution in [-0.4, -0.2) is 12.5 Å². The van der Waals surface area contributed by atoms with Crippen molar-refractivity contribution in [2.24, 2.45) is 5.92 Å². The largest absolute Gasteiger partial charge is 0.494 e. The van der Waals surface area contributed by atoms with Gasteiger partial charge in [0, 0.05) is 6.42 Å². The van der Waals surface area contributed by atoms with Crippen molar-refractivity contribution in [2.75, 3.05) is 6.61 Å². The maximum atomic E-state index is 12.3. The van der Waals surface area contributed by atoms with Gasteiger partial charge in [-0.05, 0) is 36.5 Å². The molecule has 3 heteroatoms. The van der Waals surface area contributed by atoms with E-state index in [-0.39, 0.29) is 11.9 Å². The van der Waals surface area contributed by atoms with E-state index in [0.717, 1.165) is 12.2 Å². The third kappa shape index (κ3) is 6.45. The lowest BCUT2D eigenvalue weighted by atomic mass is 9.97. The topological polar surface area (TPSA) is 38.3 Å². The molecule has 2 aromatic rings. The van der Waals surface area contributed by atoms with Gasteiger partial charge in [-0.25, -0.2) is 0 Å². The van der Waals surface area contributed by atoms with E-state index in [0.29, 0.717) is 25.4 Å². The fourth-order valence-electron chi connectivity index (χ4n) is 2.64. The quantitative estimate of drug-likeness (QED) is 0.676. The predicted molar refractivity (Wildman–Crippen MR) is 98.0 cm³/mol. The second-order valence-electron chi connectivity index (χ2n) is 6.43. The SMILES string of the molecule is CC(C)C[C@H](NC(=O)CCCOc1ccccc1)c1ccccc1. The second kappa shape index (κ2) is 9.76. The Morgan fingerprint density at radius 3 is 2.25 bits per heavy atom. The van der Waals surface area contributed by atoms with E-state index in [1.165, 1.54) is 5.56 Å². The van der Waals surface area contributed by atoms with E-state index in [9.17, 15) is 4.79 Å². The number of carbonyl (C=O) groups excluding carboxylic acids is 1. The van der Waals surface area contributed by atoms with Crippen LogP contribution in [0.25, 0.3) is 0 Å². The summed E-state index contributed by atoms with van der Waals surface area (Å²) < 4.78 is 5.63. The van der Waals surface area contributed by atoms with Crippen molar-refractivity contribution >= 4 is 5.91 Å². The average molecular weight is 325 g/mol. The van der Waals surface area contributed by atoms with Crippen LogP contribution in [0.15, 0.2) is 60.7 Å². The molecule has 2 rings (SSSR count). The molecule has 24 heavy (non-hydrogen) atoms. The first-order valence-electron chi connectivity index (χ1n) is 8.67. The van der Waals surface area contributed by atoms with Crippen LogP contribution in [0.3, 0.4) is 0 Å². The molecule has 1 N–H and O–H groups in total. The Hall–Kier alpha value is -2.29. The molecule has 0 saturated carbocycles.